The number of hydrogen-bond acceptors (Lipinski definition) is 3. The van der Waals surface area contributed by atoms with Gasteiger partial charge >= 0.3 is 0 Å². The molecular formula is C16H23NO3. The highest BCUT2D eigenvalue weighted by Crippen LogP contribution is 2.16. The van der Waals surface area contributed by atoms with Gasteiger partial charge in [-0.25, -0.2) is 0 Å². The van der Waals surface area contributed by atoms with Crippen LogP contribution in [-0.4, -0.2) is 30.8 Å². The first-order valence-corrected chi connectivity index (χ1v) is 7.31. The summed E-state index contributed by atoms with van der Waals surface area (Å²) in [6.07, 6.45) is 3.73. The normalized spacial score (nSPS) is 18.8. The molecule has 4 heteroatoms. The fourth-order valence-electron chi connectivity index (χ4n) is 2.46. The fourth-order valence-corrected chi connectivity index (χ4v) is 2.46. The van der Waals surface area contributed by atoms with Gasteiger partial charge in [0.15, 0.2) is 0 Å². The zero-order valence-electron chi connectivity index (χ0n) is 11.8. The third-order valence-electron chi connectivity index (χ3n) is 3.70. The van der Waals surface area contributed by atoms with Crippen LogP contribution < -0.4 is 5.32 Å². The summed E-state index contributed by atoms with van der Waals surface area (Å²) in [7, 11) is 0. The summed E-state index contributed by atoms with van der Waals surface area (Å²) in [5, 5.41) is 11.9. The van der Waals surface area contributed by atoms with Crippen molar-refractivity contribution in [3.05, 3.63) is 35.4 Å². The Labute approximate surface area is 120 Å². The minimum Gasteiger partial charge on any atom is -0.392 e. The molecule has 0 saturated carbocycles. The summed E-state index contributed by atoms with van der Waals surface area (Å²) >= 11 is 0. The van der Waals surface area contributed by atoms with Gasteiger partial charge in [0, 0.05) is 19.8 Å². The van der Waals surface area contributed by atoms with Crippen LogP contribution in [0.4, 0.5) is 0 Å². The topological polar surface area (TPSA) is 58.6 Å². The van der Waals surface area contributed by atoms with Crippen LogP contribution in [-0.2, 0) is 22.6 Å². The average molecular weight is 277 g/mol. The largest absolute Gasteiger partial charge is 0.392 e. The second-order valence-corrected chi connectivity index (χ2v) is 5.37. The lowest BCUT2D eigenvalue weighted by atomic mass is 9.99. The number of hydrogen-bond donors (Lipinski definition) is 2. The maximum atomic E-state index is 11.8. The maximum absolute atomic E-state index is 11.8. The van der Waals surface area contributed by atoms with Gasteiger partial charge in [-0.1, -0.05) is 24.3 Å². The number of ether oxygens (including phenoxy) is 1. The molecule has 1 aliphatic heterocycles. The molecule has 1 aromatic carbocycles. The lowest BCUT2D eigenvalue weighted by molar-refractivity contribution is -0.120. The summed E-state index contributed by atoms with van der Waals surface area (Å²) in [4.78, 5) is 11.8. The fraction of sp³-hybridized carbons (Fsp3) is 0.562. The van der Waals surface area contributed by atoms with Gasteiger partial charge in [0.1, 0.15) is 0 Å². The molecule has 2 rings (SSSR count). The predicted molar refractivity (Wildman–Crippen MR) is 77.2 cm³/mol. The highest BCUT2D eigenvalue weighted by atomic mass is 16.5. The SMILES string of the molecule is O=C(Cc1ccc(CO)cc1)NCCC1CCCOC1. The van der Waals surface area contributed by atoms with Crippen molar-refractivity contribution in [2.45, 2.75) is 32.3 Å². The van der Waals surface area contributed by atoms with Gasteiger partial charge < -0.3 is 15.2 Å². The first kappa shape index (κ1) is 15.0. The van der Waals surface area contributed by atoms with Crippen molar-refractivity contribution in [3.63, 3.8) is 0 Å². The monoisotopic (exact) mass is 277 g/mol. The van der Waals surface area contributed by atoms with E-state index in [0.717, 1.165) is 43.7 Å². The van der Waals surface area contributed by atoms with E-state index in [4.69, 9.17) is 9.84 Å². The van der Waals surface area contributed by atoms with Crippen molar-refractivity contribution >= 4 is 5.91 Å². The van der Waals surface area contributed by atoms with Crippen molar-refractivity contribution in [1.29, 1.82) is 0 Å². The number of amides is 1. The maximum Gasteiger partial charge on any atom is 0.224 e. The standard InChI is InChI=1S/C16H23NO3/c18-11-14-5-3-13(4-6-14)10-16(19)17-8-7-15-2-1-9-20-12-15/h3-6,15,18H,1-2,7-12H2,(H,17,19). The highest BCUT2D eigenvalue weighted by molar-refractivity contribution is 5.78. The first-order chi connectivity index (χ1) is 9.78. The summed E-state index contributed by atoms with van der Waals surface area (Å²) in [5.41, 5.74) is 1.84. The Morgan fingerprint density at radius 1 is 1.30 bits per heavy atom. The molecule has 0 aromatic heterocycles. The van der Waals surface area contributed by atoms with Crippen LogP contribution >= 0.6 is 0 Å². The van der Waals surface area contributed by atoms with E-state index in [2.05, 4.69) is 5.32 Å². The van der Waals surface area contributed by atoms with Gasteiger partial charge in [0.05, 0.1) is 13.0 Å². The highest BCUT2D eigenvalue weighted by Gasteiger charge is 2.13. The molecule has 0 spiro atoms. The molecule has 1 amide bonds. The third-order valence-corrected chi connectivity index (χ3v) is 3.70. The molecule has 4 nitrogen and oxygen atoms in total. The van der Waals surface area contributed by atoms with Crippen molar-refractivity contribution in [1.82, 2.24) is 5.32 Å². The van der Waals surface area contributed by atoms with Crippen molar-refractivity contribution in [2.24, 2.45) is 5.92 Å². The quantitative estimate of drug-likeness (QED) is 0.831. The Balaban J connectivity index is 1.66. The van der Waals surface area contributed by atoms with Crippen LogP contribution in [0.3, 0.4) is 0 Å². The number of carbonyl (C=O) groups is 1. The van der Waals surface area contributed by atoms with Crippen LogP contribution in [0.25, 0.3) is 0 Å². The van der Waals surface area contributed by atoms with E-state index in [9.17, 15) is 4.79 Å². The second-order valence-electron chi connectivity index (χ2n) is 5.37. The third kappa shape index (κ3) is 4.94. The van der Waals surface area contributed by atoms with E-state index in [1.165, 1.54) is 6.42 Å². The van der Waals surface area contributed by atoms with Gasteiger partial charge in [-0.3, -0.25) is 4.79 Å². The van der Waals surface area contributed by atoms with Gasteiger partial charge in [-0.2, -0.15) is 0 Å². The summed E-state index contributed by atoms with van der Waals surface area (Å²) in [6.45, 7) is 2.47. The van der Waals surface area contributed by atoms with Gasteiger partial charge in [0.2, 0.25) is 5.91 Å². The number of rotatable bonds is 6. The molecular weight excluding hydrogens is 254 g/mol. The molecule has 1 heterocycles. The van der Waals surface area contributed by atoms with Gasteiger partial charge in [-0.15, -0.1) is 0 Å². The van der Waals surface area contributed by atoms with Crippen LogP contribution in [0.15, 0.2) is 24.3 Å². The van der Waals surface area contributed by atoms with E-state index in [0.29, 0.717) is 12.3 Å². The Bertz CT molecular complexity index is 410. The molecule has 1 aliphatic rings. The molecule has 20 heavy (non-hydrogen) atoms. The number of aliphatic hydroxyl groups excluding tert-OH is 1. The van der Waals surface area contributed by atoms with Crippen LogP contribution in [0.2, 0.25) is 0 Å². The Morgan fingerprint density at radius 2 is 2.05 bits per heavy atom. The second kappa shape index (κ2) is 8.02. The number of nitrogens with one attached hydrogen (secondary N) is 1. The first-order valence-electron chi connectivity index (χ1n) is 7.31. The zero-order chi connectivity index (χ0) is 14.2. The summed E-state index contributed by atoms with van der Waals surface area (Å²) < 4.78 is 5.42. The number of aliphatic hydroxyl groups is 1. The van der Waals surface area contributed by atoms with Gasteiger partial charge in [0.25, 0.3) is 0 Å². The minimum absolute atomic E-state index is 0.0376. The van der Waals surface area contributed by atoms with E-state index in [1.807, 2.05) is 24.3 Å². The lowest BCUT2D eigenvalue weighted by Gasteiger charge is -2.21. The molecule has 1 aromatic rings. The molecule has 1 fully saturated rings. The van der Waals surface area contributed by atoms with E-state index < -0.39 is 0 Å². The molecule has 0 radical (unpaired) electrons. The Hall–Kier alpha value is -1.39. The summed E-state index contributed by atoms with van der Waals surface area (Å²) in [5.74, 6) is 0.645. The smallest absolute Gasteiger partial charge is 0.224 e. The Morgan fingerprint density at radius 3 is 2.70 bits per heavy atom. The number of carbonyl (C=O) groups excluding carboxylic acids is 1. The van der Waals surface area contributed by atoms with Crippen molar-refractivity contribution in [3.8, 4) is 0 Å². The Kier molecular flexibility index (Phi) is 6.02. The van der Waals surface area contributed by atoms with E-state index >= 15 is 0 Å². The molecule has 2 N–H and O–H groups in total. The van der Waals surface area contributed by atoms with E-state index in [-0.39, 0.29) is 12.5 Å². The van der Waals surface area contributed by atoms with Crippen molar-refractivity contribution < 1.29 is 14.6 Å². The molecule has 0 bridgehead atoms. The van der Waals surface area contributed by atoms with Crippen LogP contribution in [0.1, 0.15) is 30.4 Å². The molecule has 0 aliphatic carbocycles. The minimum atomic E-state index is 0.0376. The van der Waals surface area contributed by atoms with E-state index in [1.54, 1.807) is 0 Å². The van der Waals surface area contributed by atoms with Gasteiger partial charge in [-0.05, 0) is 36.3 Å². The molecule has 1 unspecified atom stereocenters. The number of benzene rings is 1. The van der Waals surface area contributed by atoms with Crippen LogP contribution in [0.5, 0.6) is 0 Å². The molecule has 1 atom stereocenters. The molecule has 1 saturated heterocycles. The lowest BCUT2D eigenvalue weighted by Crippen LogP contribution is -2.29. The van der Waals surface area contributed by atoms with Crippen LogP contribution in [0, 0.1) is 5.92 Å². The molecule has 110 valence electrons. The zero-order valence-corrected chi connectivity index (χ0v) is 11.8. The summed E-state index contributed by atoms with van der Waals surface area (Å²) in [6, 6.07) is 7.48. The average Bonchev–Trinajstić information content (AvgIpc) is 2.49. The predicted octanol–water partition coefficient (Wildman–Crippen LogP) is 1.65. The van der Waals surface area contributed by atoms with Crippen molar-refractivity contribution in [2.75, 3.05) is 19.8 Å².